The maximum absolute atomic E-state index is 12.4. The van der Waals surface area contributed by atoms with E-state index in [1.807, 2.05) is 18.2 Å². The molecule has 1 fully saturated rings. The van der Waals surface area contributed by atoms with Crippen LogP contribution >= 0.6 is 11.8 Å². The number of hydrogen-bond acceptors (Lipinski definition) is 6. The Labute approximate surface area is 203 Å². The van der Waals surface area contributed by atoms with E-state index in [0.29, 0.717) is 18.0 Å². The van der Waals surface area contributed by atoms with Crippen molar-refractivity contribution in [3.63, 3.8) is 0 Å². The summed E-state index contributed by atoms with van der Waals surface area (Å²) in [6.45, 7) is 18.9. The number of nitrogens with one attached hydrogen (secondary N) is 1. The zero-order valence-corrected chi connectivity index (χ0v) is 21.8. The van der Waals surface area contributed by atoms with Crippen molar-refractivity contribution in [1.82, 2.24) is 20.2 Å². The third-order valence-electron chi connectivity index (χ3n) is 5.83. The highest BCUT2D eigenvalue weighted by Gasteiger charge is 2.22. The Balaban J connectivity index is 1.74. The second-order valence-corrected chi connectivity index (χ2v) is 11.1. The first kappa shape index (κ1) is 25.5. The molecule has 0 bridgehead atoms. The van der Waals surface area contributed by atoms with E-state index in [1.165, 1.54) is 0 Å². The van der Waals surface area contributed by atoms with E-state index in [0.717, 1.165) is 60.7 Å². The molecule has 1 saturated heterocycles. The van der Waals surface area contributed by atoms with E-state index in [1.54, 1.807) is 11.8 Å². The predicted molar refractivity (Wildman–Crippen MR) is 138 cm³/mol. The lowest BCUT2D eigenvalue weighted by Crippen LogP contribution is -2.46. The molecule has 1 N–H and O–H groups in total. The van der Waals surface area contributed by atoms with Gasteiger partial charge in [-0.25, -0.2) is 9.97 Å². The summed E-state index contributed by atoms with van der Waals surface area (Å²) in [6.07, 6.45) is 0. The SMILES string of the molecule is CCN1CCN(c2cc(C(C)(C)C)nc(SCc3cccc(C(=O)NCC(C)C)c3)n2)CC1. The normalized spacial score (nSPS) is 15.2. The summed E-state index contributed by atoms with van der Waals surface area (Å²) in [6, 6.07) is 10.0. The van der Waals surface area contributed by atoms with E-state index < -0.39 is 0 Å². The predicted octanol–water partition coefficient (Wildman–Crippen LogP) is 4.59. The monoisotopic (exact) mass is 469 g/mol. The van der Waals surface area contributed by atoms with E-state index >= 15 is 0 Å². The van der Waals surface area contributed by atoms with Crippen molar-refractivity contribution in [3.8, 4) is 0 Å². The van der Waals surface area contributed by atoms with E-state index in [2.05, 4.69) is 68.8 Å². The summed E-state index contributed by atoms with van der Waals surface area (Å²) in [4.78, 5) is 27.1. The smallest absolute Gasteiger partial charge is 0.251 e. The quantitative estimate of drug-likeness (QED) is 0.451. The molecule has 1 aliphatic rings. The zero-order valence-electron chi connectivity index (χ0n) is 21.0. The number of carbonyl (C=O) groups excluding carboxylic acids is 1. The standard InChI is InChI=1S/C26H39N5OS/c1-7-30-11-13-31(14-12-30)23-16-22(26(4,5)6)28-25(29-23)33-18-20-9-8-10-21(15-20)24(32)27-17-19(2)3/h8-10,15-16,19H,7,11-14,17-18H2,1-6H3,(H,27,32). The molecule has 3 rings (SSSR count). The van der Waals surface area contributed by atoms with Crippen LogP contribution in [-0.4, -0.2) is 60.0 Å². The van der Waals surface area contributed by atoms with Crippen LogP contribution in [0.5, 0.6) is 0 Å². The number of carbonyl (C=O) groups is 1. The highest BCUT2D eigenvalue weighted by atomic mass is 32.2. The van der Waals surface area contributed by atoms with Gasteiger partial charge in [0.2, 0.25) is 0 Å². The van der Waals surface area contributed by atoms with Gasteiger partial charge in [-0.3, -0.25) is 4.79 Å². The molecule has 1 aromatic carbocycles. The molecule has 0 atom stereocenters. The molecule has 1 aliphatic heterocycles. The number of rotatable bonds is 8. The molecule has 1 amide bonds. The fraction of sp³-hybridized carbons (Fsp3) is 0.577. The zero-order chi connectivity index (χ0) is 24.0. The molecule has 0 saturated carbocycles. The first-order valence-electron chi connectivity index (χ1n) is 12.0. The average molecular weight is 470 g/mol. The van der Waals surface area contributed by atoms with Crippen molar-refractivity contribution in [2.75, 3.05) is 44.2 Å². The summed E-state index contributed by atoms with van der Waals surface area (Å²) in [7, 11) is 0. The minimum atomic E-state index is -0.0489. The Bertz CT molecular complexity index is 933. The number of aromatic nitrogens is 2. The van der Waals surface area contributed by atoms with Crippen molar-refractivity contribution >= 4 is 23.5 Å². The van der Waals surface area contributed by atoms with Gasteiger partial charge in [0.25, 0.3) is 5.91 Å². The Morgan fingerprint density at radius 2 is 1.85 bits per heavy atom. The summed E-state index contributed by atoms with van der Waals surface area (Å²) in [5, 5.41) is 3.79. The van der Waals surface area contributed by atoms with Crippen molar-refractivity contribution < 1.29 is 4.79 Å². The molecule has 0 unspecified atom stereocenters. The van der Waals surface area contributed by atoms with E-state index in [9.17, 15) is 4.79 Å². The van der Waals surface area contributed by atoms with Gasteiger partial charge in [0.05, 0.1) is 5.69 Å². The molecule has 2 heterocycles. The number of anilines is 1. The minimum absolute atomic E-state index is 0.0185. The van der Waals surface area contributed by atoms with Crippen LogP contribution in [-0.2, 0) is 11.2 Å². The van der Waals surface area contributed by atoms with Crippen LogP contribution in [0, 0.1) is 5.92 Å². The molecule has 6 nitrogen and oxygen atoms in total. The fourth-order valence-electron chi connectivity index (χ4n) is 3.67. The van der Waals surface area contributed by atoms with Gasteiger partial charge in [-0.1, -0.05) is 65.4 Å². The second-order valence-electron chi connectivity index (χ2n) is 10.2. The lowest BCUT2D eigenvalue weighted by molar-refractivity contribution is 0.0949. The molecule has 2 aromatic rings. The Morgan fingerprint density at radius 1 is 1.12 bits per heavy atom. The number of nitrogens with zero attached hydrogens (tertiary/aromatic N) is 4. The number of amides is 1. The van der Waals surface area contributed by atoms with Crippen LogP contribution in [0.3, 0.4) is 0 Å². The number of piperazine rings is 1. The van der Waals surface area contributed by atoms with Crippen molar-refractivity contribution in [1.29, 1.82) is 0 Å². The first-order chi connectivity index (χ1) is 15.7. The second kappa shape index (κ2) is 11.3. The molecule has 0 spiro atoms. The van der Waals surface area contributed by atoms with Crippen LogP contribution < -0.4 is 10.2 Å². The molecular formula is C26H39N5OS. The largest absolute Gasteiger partial charge is 0.354 e. The first-order valence-corrected chi connectivity index (χ1v) is 13.0. The summed E-state index contributed by atoms with van der Waals surface area (Å²) < 4.78 is 0. The summed E-state index contributed by atoms with van der Waals surface area (Å²) >= 11 is 1.63. The van der Waals surface area contributed by atoms with E-state index in [4.69, 9.17) is 9.97 Å². The minimum Gasteiger partial charge on any atom is -0.354 e. The van der Waals surface area contributed by atoms with Crippen LogP contribution in [0.2, 0.25) is 0 Å². The fourth-order valence-corrected chi connectivity index (χ4v) is 4.46. The molecule has 7 heteroatoms. The van der Waals surface area contributed by atoms with Crippen molar-refractivity contribution in [3.05, 3.63) is 47.2 Å². The molecule has 1 aromatic heterocycles. The third-order valence-corrected chi connectivity index (χ3v) is 6.75. The summed E-state index contributed by atoms with van der Waals surface area (Å²) in [5.41, 5.74) is 2.81. The Hall–Kier alpha value is -2.12. The van der Waals surface area contributed by atoms with Gasteiger partial charge >= 0.3 is 0 Å². The Morgan fingerprint density at radius 3 is 2.48 bits per heavy atom. The number of likely N-dealkylation sites (N-methyl/N-ethyl adjacent to an activating group) is 1. The van der Waals surface area contributed by atoms with Crippen molar-refractivity contribution in [2.24, 2.45) is 5.92 Å². The van der Waals surface area contributed by atoms with Crippen LogP contribution in [0.25, 0.3) is 0 Å². The average Bonchev–Trinajstić information content (AvgIpc) is 2.80. The van der Waals surface area contributed by atoms with Gasteiger partial charge in [-0.15, -0.1) is 0 Å². The number of benzene rings is 1. The van der Waals surface area contributed by atoms with Gasteiger partial charge in [0.15, 0.2) is 5.16 Å². The van der Waals surface area contributed by atoms with Crippen molar-refractivity contribution in [2.45, 2.75) is 57.9 Å². The summed E-state index contributed by atoms with van der Waals surface area (Å²) in [5.74, 6) is 2.16. The van der Waals surface area contributed by atoms with Crippen LogP contribution in [0.1, 0.15) is 63.2 Å². The number of thioether (sulfide) groups is 1. The molecular weight excluding hydrogens is 430 g/mol. The molecule has 33 heavy (non-hydrogen) atoms. The lowest BCUT2D eigenvalue weighted by Gasteiger charge is -2.35. The third kappa shape index (κ3) is 7.44. The van der Waals surface area contributed by atoms with Gasteiger partial charge in [0.1, 0.15) is 5.82 Å². The topological polar surface area (TPSA) is 61.4 Å². The van der Waals surface area contributed by atoms with Gasteiger partial charge in [-0.2, -0.15) is 0 Å². The maximum atomic E-state index is 12.4. The molecule has 180 valence electrons. The van der Waals surface area contributed by atoms with Crippen LogP contribution in [0.15, 0.2) is 35.5 Å². The highest BCUT2D eigenvalue weighted by Crippen LogP contribution is 2.29. The molecule has 0 aliphatic carbocycles. The maximum Gasteiger partial charge on any atom is 0.251 e. The Kier molecular flexibility index (Phi) is 8.76. The van der Waals surface area contributed by atoms with Gasteiger partial charge < -0.3 is 15.1 Å². The molecule has 0 radical (unpaired) electrons. The highest BCUT2D eigenvalue weighted by molar-refractivity contribution is 7.98. The van der Waals surface area contributed by atoms with E-state index in [-0.39, 0.29) is 11.3 Å². The number of hydrogen-bond donors (Lipinski definition) is 1. The van der Waals surface area contributed by atoms with Crippen LogP contribution in [0.4, 0.5) is 5.82 Å². The van der Waals surface area contributed by atoms with Gasteiger partial charge in [0, 0.05) is 55.5 Å². The lowest BCUT2D eigenvalue weighted by atomic mass is 9.92. The van der Waals surface area contributed by atoms with Gasteiger partial charge in [-0.05, 0) is 30.2 Å².